The lowest BCUT2D eigenvalue weighted by Gasteiger charge is -2.19. The summed E-state index contributed by atoms with van der Waals surface area (Å²) < 4.78 is 26.5. The lowest BCUT2D eigenvalue weighted by atomic mass is 10.2. The summed E-state index contributed by atoms with van der Waals surface area (Å²) in [6.45, 7) is 0. The van der Waals surface area contributed by atoms with Crippen LogP contribution in [0.1, 0.15) is 15.9 Å². The number of nitrogens with one attached hydrogen (secondary N) is 1. The number of amides is 1. The van der Waals surface area contributed by atoms with Crippen molar-refractivity contribution in [3.05, 3.63) is 94.0 Å². The molecule has 1 N–H and O–H groups in total. The van der Waals surface area contributed by atoms with Crippen molar-refractivity contribution >= 4 is 51.0 Å². The molecule has 0 saturated heterocycles. The summed E-state index contributed by atoms with van der Waals surface area (Å²) in [7, 11) is -2.23. The highest BCUT2D eigenvalue weighted by Gasteiger charge is 2.21. The first-order valence-electron chi connectivity index (χ1n) is 8.71. The molecule has 0 bridgehead atoms. The number of benzene rings is 3. The topological polar surface area (TPSA) is 78.8 Å². The zero-order chi connectivity index (χ0) is 21.7. The molecule has 3 aromatic carbocycles. The molecule has 0 aliphatic rings. The number of nitrogens with zero attached hydrogens (tertiary/aromatic N) is 2. The fraction of sp³-hybridized carbons (Fsp3) is 0.0476. The smallest absolute Gasteiger partial charge is 0.269 e. The summed E-state index contributed by atoms with van der Waals surface area (Å²) in [5.74, 6) is -0.448. The molecule has 6 nitrogen and oxygen atoms in total. The molecule has 0 fully saturated rings. The lowest BCUT2D eigenvalue weighted by Crippen LogP contribution is -2.26. The molecule has 0 aliphatic carbocycles. The fourth-order valence-corrected chi connectivity index (χ4v) is 4.22. The first kappa shape index (κ1) is 21.8. The van der Waals surface area contributed by atoms with Crippen molar-refractivity contribution in [2.75, 3.05) is 11.4 Å². The predicted octanol–water partition coefficient (Wildman–Crippen LogP) is 4.58. The van der Waals surface area contributed by atoms with Gasteiger partial charge in [0, 0.05) is 23.2 Å². The Kier molecular flexibility index (Phi) is 6.77. The molecule has 3 rings (SSSR count). The van der Waals surface area contributed by atoms with Crippen LogP contribution in [0.4, 0.5) is 5.69 Å². The number of hydrazone groups is 1. The molecule has 154 valence electrons. The highest BCUT2D eigenvalue weighted by atomic mass is 35.5. The number of hydrogen-bond donors (Lipinski definition) is 1. The molecule has 0 saturated carbocycles. The Morgan fingerprint density at radius 1 is 1.00 bits per heavy atom. The summed E-state index contributed by atoms with van der Waals surface area (Å²) in [4.78, 5) is 12.4. The number of carbonyl (C=O) groups excluding carboxylic acids is 1. The van der Waals surface area contributed by atoms with Crippen molar-refractivity contribution in [2.45, 2.75) is 4.90 Å². The maximum Gasteiger partial charge on any atom is 0.271 e. The molecule has 9 heteroatoms. The van der Waals surface area contributed by atoms with E-state index in [9.17, 15) is 13.2 Å². The molecule has 1 amide bonds. The number of hydrogen-bond acceptors (Lipinski definition) is 4. The standard InChI is InChI=1S/C21H17Cl2N3O3S/c1-26(30(28,29)19-5-3-2-4-6-19)18-11-8-15(9-12-18)21(27)25-24-14-16-7-10-17(22)13-20(16)23/h2-14H,1H3,(H,25,27). The Bertz CT molecular complexity index is 1180. The second kappa shape index (κ2) is 9.30. The Labute approximate surface area is 184 Å². The van der Waals surface area contributed by atoms with Gasteiger partial charge in [-0.3, -0.25) is 9.10 Å². The molecule has 30 heavy (non-hydrogen) atoms. The van der Waals surface area contributed by atoms with E-state index in [1.165, 1.54) is 37.5 Å². The van der Waals surface area contributed by atoms with Gasteiger partial charge in [0.25, 0.3) is 15.9 Å². The maximum absolute atomic E-state index is 12.7. The third-order valence-electron chi connectivity index (χ3n) is 4.23. The zero-order valence-electron chi connectivity index (χ0n) is 15.8. The van der Waals surface area contributed by atoms with E-state index in [1.807, 2.05) is 0 Å². The van der Waals surface area contributed by atoms with Crippen LogP contribution >= 0.6 is 23.2 Å². The molecule has 0 atom stereocenters. The van der Waals surface area contributed by atoms with E-state index in [1.54, 1.807) is 48.5 Å². The number of rotatable bonds is 6. The summed E-state index contributed by atoms with van der Waals surface area (Å²) in [6, 6.07) is 19.2. The third kappa shape index (κ3) is 4.99. The predicted molar refractivity (Wildman–Crippen MR) is 120 cm³/mol. The van der Waals surface area contributed by atoms with Gasteiger partial charge in [-0.2, -0.15) is 5.10 Å². The van der Waals surface area contributed by atoms with Crippen LogP contribution in [0.25, 0.3) is 0 Å². The van der Waals surface area contributed by atoms with Crippen LogP contribution in [0.3, 0.4) is 0 Å². The van der Waals surface area contributed by atoms with Gasteiger partial charge >= 0.3 is 0 Å². The SMILES string of the molecule is CN(c1ccc(C(=O)NN=Cc2ccc(Cl)cc2Cl)cc1)S(=O)(=O)c1ccccc1. The normalized spacial score (nSPS) is 11.4. The molecular formula is C21H17Cl2N3O3S. The zero-order valence-corrected chi connectivity index (χ0v) is 18.1. The van der Waals surface area contributed by atoms with Crippen LogP contribution in [-0.2, 0) is 10.0 Å². The van der Waals surface area contributed by atoms with Crippen molar-refractivity contribution < 1.29 is 13.2 Å². The van der Waals surface area contributed by atoms with Gasteiger partial charge in [-0.05, 0) is 48.5 Å². The van der Waals surface area contributed by atoms with Crippen molar-refractivity contribution in [3.8, 4) is 0 Å². The van der Waals surface area contributed by atoms with Crippen molar-refractivity contribution in [2.24, 2.45) is 5.10 Å². The average Bonchev–Trinajstić information content (AvgIpc) is 2.75. The minimum absolute atomic E-state index is 0.185. The van der Waals surface area contributed by atoms with E-state index in [0.29, 0.717) is 26.9 Å². The quantitative estimate of drug-likeness (QED) is 0.430. The second-order valence-electron chi connectivity index (χ2n) is 6.20. The van der Waals surface area contributed by atoms with Crippen LogP contribution in [-0.4, -0.2) is 27.6 Å². The van der Waals surface area contributed by atoms with Crippen molar-refractivity contribution in [1.82, 2.24) is 5.43 Å². The number of halogens is 2. The molecular weight excluding hydrogens is 445 g/mol. The maximum atomic E-state index is 12.7. The Balaban J connectivity index is 1.69. The highest BCUT2D eigenvalue weighted by Crippen LogP contribution is 2.22. The molecule has 0 aromatic heterocycles. The minimum Gasteiger partial charge on any atom is -0.269 e. The van der Waals surface area contributed by atoms with Gasteiger partial charge in [0.1, 0.15) is 0 Å². The molecule has 0 aliphatic heterocycles. The number of sulfonamides is 1. The van der Waals surface area contributed by atoms with Crippen LogP contribution < -0.4 is 9.73 Å². The first-order chi connectivity index (χ1) is 14.3. The average molecular weight is 462 g/mol. The third-order valence-corrected chi connectivity index (χ3v) is 6.59. The van der Waals surface area contributed by atoms with Gasteiger partial charge in [0.05, 0.1) is 21.8 Å². The van der Waals surface area contributed by atoms with Crippen molar-refractivity contribution in [1.29, 1.82) is 0 Å². The summed E-state index contributed by atoms with van der Waals surface area (Å²) in [5.41, 5.74) is 3.75. The second-order valence-corrected chi connectivity index (χ2v) is 9.01. The molecule has 3 aromatic rings. The van der Waals surface area contributed by atoms with Gasteiger partial charge in [-0.1, -0.05) is 47.5 Å². The minimum atomic E-state index is -3.69. The number of anilines is 1. The monoisotopic (exact) mass is 461 g/mol. The van der Waals surface area contributed by atoms with Gasteiger partial charge in [-0.25, -0.2) is 13.8 Å². The molecule has 0 heterocycles. The Morgan fingerprint density at radius 3 is 2.30 bits per heavy atom. The largest absolute Gasteiger partial charge is 0.271 e. The van der Waals surface area contributed by atoms with Gasteiger partial charge in [0.15, 0.2) is 0 Å². The molecule has 0 spiro atoms. The Hall–Kier alpha value is -2.87. The summed E-state index contributed by atoms with van der Waals surface area (Å²) in [5, 5.41) is 4.80. The van der Waals surface area contributed by atoms with E-state index >= 15 is 0 Å². The lowest BCUT2D eigenvalue weighted by molar-refractivity contribution is 0.0955. The summed E-state index contributed by atoms with van der Waals surface area (Å²) in [6.07, 6.45) is 1.41. The van der Waals surface area contributed by atoms with Crippen LogP contribution in [0.5, 0.6) is 0 Å². The van der Waals surface area contributed by atoms with Crippen LogP contribution in [0.15, 0.2) is 82.8 Å². The van der Waals surface area contributed by atoms with E-state index < -0.39 is 15.9 Å². The molecule has 0 radical (unpaired) electrons. The summed E-state index contributed by atoms with van der Waals surface area (Å²) >= 11 is 11.9. The van der Waals surface area contributed by atoms with Gasteiger partial charge < -0.3 is 0 Å². The number of carbonyl (C=O) groups is 1. The fourth-order valence-electron chi connectivity index (χ4n) is 2.54. The highest BCUT2D eigenvalue weighted by molar-refractivity contribution is 7.92. The first-order valence-corrected chi connectivity index (χ1v) is 10.9. The van der Waals surface area contributed by atoms with Gasteiger partial charge in [0.2, 0.25) is 0 Å². The van der Waals surface area contributed by atoms with Crippen molar-refractivity contribution in [3.63, 3.8) is 0 Å². The van der Waals surface area contributed by atoms with Gasteiger partial charge in [-0.15, -0.1) is 0 Å². The molecule has 0 unspecified atom stereocenters. The van der Waals surface area contributed by atoms with E-state index in [2.05, 4.69) is 10.5 Å². The Morgan fingerprint density at radius 2 is 1.67 bits per heavy atom. The van der Waals surface area contributed by atoms with E-state index in [4.69, 9.17) is 23.2 Å². The van der Waals surface area contributed by atoms with E-state index in [0.717, 1.165) is 4.31 Å². The van der Waals surface area contributed by atoms with Crippen LogP contribution in [0.2, 0.25) is 10.0 Å². The van der Waals surface area contributed by atoms with E-state index in [-0.39, 0.29) is 4.90 Å². The van der Waals surface area contributed by atoms with Crippen LogP contribution in [0, 0.1) is 0 Å².